The zero-order valence-electron chi connectivity index (χ0n) is 13.8. The van der Waals surface area contributed by atoms with E-state index in [1.165, 1.54) is 0 Å². The number of hydrogen-bond acceptors (Lipinski definition) is 4. The van der Waals surface area contributed by atoms with E-state index in [2.05, 4.69) is 15.9 Å². The molecule has 128 valence electrons. The number of aryl methyl sites for hydroxylation is 1. The van der Waals surface area contributed by atoms with Crippen LogP contribution in [0.5, 0.6) is 11.5 Å². The Morgan fingerprint density at radius 3 is 2.80 bits per heavy atom. The Balaban J connectivity index is 1.59. The van der Waals surface area contributed by atoms with Crippen LogP contribution in [0.4, 0.5) is 0 Å². The molecule has 1 aliphatic rings. The lowest BCUT2D eigenvalue weighted by Crippen LogP contribution is -2.26. The van der Waals surface area contributed by atoms with Crippen LogP contribution in [0, 0.1) is 6.92 Å². The lowest BCUT2D eigenvalue weighted by atomic mass is 10.1. The molecule has 25 heavy (non-hydrogen) atoms. The van der Waals surface area contributed by atoms with Crippen molar-refractivity contribution in [2.45, 2.75) is 13.5 Å². The molecule has 0 fully saturated rings. The Labute approximate surface area is 153 Å². The zero-order valence-corrected chi connectivity index (χ0v) is 15.4. The molecular weight excluding hydrogens is 386 g/mol. The number of carbonyl (C=O) groups excluding carboxylic acids is 1. The van der Waals surface area contributed by atoms with E-state index in [-0.39, 0.29) is 12.7 Å². The van der Waals surface area contributed by atoms with E-state index in [0.717, 1.165) is 26.7 Å². The monoisotopic (exact) mass is 401 g/mol. The van der Waals surface area contributed by atoms with E-state index in [9.17, 15) is 4.79 Å². The molecule has 0 saturated carbocycles. The van der Waals surface area contributed by atoms with Gasteiger partial charge in [0, 0.05) is 29.0 Å². The van der Waals surface area contributed by atoms with Gasteiger partial charge >= 0.3 is 0 Å². The van der Waals surface area contributed by atoms with Crippen molar-refractivity contribution >= 4 is 32.8 Å². The van der Waals surface area contributed by atoms with E-state index < -0.39 is 0 Å². The summed E-state index contributed by atoms with van der Waals surface area (Å²) >= 11 is 3.45. The summed E-state index contributed by atoms with van der Waals surface area (Å²) in [6.45, 7) is 2.59. The zero-order chi connectivity index (χ0) is 17.6. The maximum absolute atomic E-state index is 12.8. The van der Waals surface area contributed by atoms with Crippen LogP contribution in [0.1, 0.15) is 21.7 Å². The summed E-state index contributed by atoms with van der Waals surface area (Å²) in [5.41, 5.74) is 2.52. The quantitative estimate of drug-likeness (QED) is 0.647. The highest BCUT2D eigenvalue weighted by Gasteiger charge is 2.22. The van der Waals surface area contributed by atoms with Crippen LogP contribution in [0.2, 0.25) is 0 Å². The van der Waals surface area contributed by atoms with E-state index in [1.54, 1.807) is 11.9 Å². The number of ether oxygens (including phenoxy) is 2. The average molecular weight is 402 g/mol. The Bertz CT molecular complexity index is 979. The van der Waals surface area contributed by atoms with Crippen molar-refractivity contribution in [2.24, 2.45) is 0 Å². The van der Waals surface area contributed by atoms with Gasteiger partial charge in [-0.3, -0.25) is 4.79 Å². The molecule has 5 nitrogen and oxygen atoms in total. The van der Waals surface area contributed by atoms with Gasteiger partial charge in [0.05, 0.1) is 0 Å². The van der Waals surface area contributed by atoms with Gasteiger partial charge in [0.2, 0.25) is 6.79 Å². The second-order valence-electron chi connectivity index (χ2n) is 6.05. The molecule has 0 atom stereocenters. The van der Waals surface area contributed by atoms with Gasteiger partial charge < -0.3 is 18.8 Å². The summed E-state index contributed by atoms with van der Waals surface area (Å²) < 4.78 is 17.4. The molecule has 0 saturated heterocycles. The third kappa shape index (κ3) is 2.87. The van der Waals surface area contributed by atoms with Gasteiger partial charge in [0.1, 0.15) is 5.58 Å². The predicted octanol–water partition coefficient (Wildman–Crippen LogP) is 4.50. The topological polar surface area (TPSA) is 51.9 Å². The molecule has 0 aliphatic carbocycles. The maximum Gasteiger partial charge on any atom is 0.289 e. The summed E-state index contributed by atoms with van der Waals surface area (Å²) in [4.78, 5) is 14.5. The molecule has 3 aromatic rings. The molecular formula is C19H16BrNO4. The lowest BCUT2D eigenvalue weighted by Gasteiger charge is -2.16. The fourth-order valence-corrected chi connectivity index (χ4v) is 3.32. The van der Waals surface area contributed by atoms with Crippen molar-refractivity contribution in [3.63, 3.8) is 0 Å². The fourth-order valence-electron chi connectivity index (χ4n) is 2.96. The molecule has 1 aromatic heterocycles. The number of fused-ring (bicyclic) bond motifs is 2. The van der Waals surface area contributed by atoms with E-state index >= 15 is 0 Å². The number of rotatable bonds is 3. The number of carbonyl (C=O) groups is 1. The number of halogens is 1. The molecule has 0 bridgehead atoms. The van der Waals surface area contributed by atoms with Crippen LogP contribution in [0.15, 0.2) is 45.3 Å². The van der Waals surface area contributed by atoms with Gasteiger partial charge in [-0.05, 0) is 42.8 Å². The number of benzene rings is 2. The molecule has 4 rings (SSSR count). The minimum absolute atomic E-state index is 0.150. The van der Waals surface area contributed by atoms with Crippen molar-refractivity contribution in [1.82, 2.24) is 4.90 Å². The standard InChI is InChI=1S/C19H16BrNO4/c1-11-14-8-13(20)4-6-15(14)25-18(11)19(22)21(2)9-12-3-5-16-17(7-12)24-10-23-16/h3-8H,9-10H2,1-2H3. The van der Waals surface area contributed by atoms with Crippen molar-refractivity contribution in [3.05, 3.63) is 57.8 Å². The van der Waals surface area contributed by atoms with Gasteiger partial charge in [0.15, 0.2) is 17.3 Å². The number of furan rings is 1. The van der Waals surface area contributed by atoms with Crippen molar-refractivity contribution in [3.8, 4) is 11.5 Å². The number of nitrogens with zero attached hydrogens (tertiary/aromatic N) is 1. The van der Waals surface area contributed by atoms with E-state index in [1.807, 2.05) is 43.3 Å². The Hall–Kier alpha value is -2.47. The third-order valence-corrected chi connectivity index (χ3v) is 4.79. The highest BCUT2D eigenvalue weighted by Crippen LogP contribution is 2.33. The Kier molecular flexibility index (Phi) is 3.92. The number of hydrogen-bond donors (Lipinski definition) is 0. The largest absolute Gasteiger partial charge is 0.454 e. The summed E-state index contributed by atoms with van der Waals surface area (Å²) in [5.74, 6) is 1.67. The first-order chi connectivity index (χ1) is 12.0. The molecule has 0 N–H and O–H groups in total. The first kappa shape index (κ1) is 16.0. The Morgan fingerprint density at radius 1 is 1.16 bits per heavy atom. The summed E-state index contributed by atoms with van der Waals surface area (Å²) in [5, 5.41) is 0.939. The summed E-state index contributed by atoms with van der Waals surface area (Å²) in [7, 11) is 1.76. The third-order valence-electron chi connectivity index (χ3n) is 4.30. The van der Waals surface area contributed by atoms with Crippen molar-refractivity contribution in [1.29, 1.82) is 0 Å². The second kappa shape index (κ2) is 6.11. The van der Waals surface area contributed by atoms with Crippen LogP contribution in [-0.4, -0.2) is 24.6 Å². The van der Waals surface area contributed by atoms with Gasteiger partial charge in [-0.1, -0.05) is 22.0 Å². The summed E-state index contributed by atoms with van der Waals surface area (Å²) in [6.07, 6.45) is 0. The van der Waals surface area contributed by atoms with E-state index in [0.29, 0.717) is 23.6 Å². The lowest BCUT2D eigenvalue weighted by molar-refractivity contribution is 0.0754. The van der Waals surface area contributed by atoms with Gasteiger partial charge in [-0.15, -0.1) is 0 Å². The van der Waals surface area contributed by atoms with Crippen molar-refractivity contribution in [2.75, 3.05) is 13.8 Å². The highest BCUT2D eigenvalue weighted by molar-refractivity contribution is 9.10. The molecule has 1 aliphatic heterocycles. The van der Waals surface area contributed by atoms with Crippen LogP contribution >= 0.6 is 15.9 Å². The van der Waals surface area contributed by atoms with Crippen LogP contribution in [-0.2, 0) is 6.54 Å². The molecule has 1 amide bonds. The first-order valence-electron chi connectivity index (χ1n) is 7.85. The van der Waals surface area contributed by atoms with Gasteiger partial charge in [0.25, 0.3) is 5.91 Å². The van der Waals surface area contributed by atoms with Gasteiger partial charge in [-0.2, -0.15) is 0 Å². The van der Waals surface area contributed by atoms with Crippen LogP contribution in [0.25, 0.3) is 11.0 Å². The second-order valence-corrected chi connectivity index (χ2v) is 6.96. The van der Waals surface area contributed by atoms with Crippen LogP contribution in [0.3, 0.4) is 0 Å². The van der Waals surface area contributed by atoms with E-state index in [4.69, 9.17) is 13.9 Å². The molecule has 2 aromatic carbocycles. The molecule has 0 spiro atoms. The SMILES string of the molecule is Cc1c(C(=O)N(C)Cc2ccc3c(c2)OCO3)oc2ccc(Br)cc12. The van der Waals surface area contributed by atoms with Crippen molar-refractivity contribution < 1.29 is 18.7 Å². The average Bonchev–Trinajstić information content (AvgIpc) is 3.18. The summed E-state index contributed by atoms with van der Waals surface area (Å²) in [6, 6.07) is 11.4. The van der Waals surface area contributed by atoms with Gasteiger partial charge in [-0.25, -0.2) is 0 Å². The Morgan fingerprint density at radius 2 is 1.96 bits per heavy atom. The number of amides is 1. The maximum atomic E-state index is 12.8. The molecule has 6 heteroatoms. The minimum atomic E-state index is -0.150. The molecule has 0 radical (unpaired) electrons. The normalized spacial score (nSPS) is 12.6. The molecule has 0 unspecified atom stereocenters. The smallest absolute Gasteiger partial charge is 0.289 e. The predicted molar refractivity (Wildman–Crippen MR) is 97.0 cm³/mol. The fraction of sp³-hybridized carbons (Fsp3) is 0.211. The molecule has 2 heterocycles. The minimum Gasteiger partial charge on any atom is -0.454 e. The van der Waals surface area contributed by atoms with Crippen LogP contribution < -0.4 is 9.47 Å². The highest BCUT2D eigenvalue weighted by atomic mass is 79.9. The first-order valence-corrected chi connectivity index (χ1v) is 8.65.